The van der Waals surface area contributed by atoms with Gasteiger partial charge in [-0.3, -0.25) is 4.21 Å². The molecule has 1 fully saturated rings. The lowest BCUT2D eigenvalue weighted by Gasteiger charge is -2.30. The molecule has 0 radical (unpaired) electrons. The zero-order valence-electron chi connectivity index (χ0n) is 11.3. The maximum atomic E-state index is 12.6. The second-order valence-electron chi connectivity index (χ2n) is 5.17. The van der Waals surface area contributed by atoms with E-state index >= 15 is 0 Å². The van der Waals surface area contributed by atoms with E-state index < -0.39 is 10.8 Å². The predicted octanol–water partition coefficient (Wildman–Crippen LogP) is 3.13. The van der Waals surface area contributed by atoms with E-state index in [0.29, 0.717) is 5.92 Å². The molecule has 0 spiro atoms. The van der Waals surface area contributed by atoms with Crippen molar-refractivity contribution in [3.8, 4) is 11.8 Å². The summed E-state index contributed by atoms with van der Waals surface area (Å²) in [5, 5.41) is 9.18. The lowest BCUT2D eigenvalue weighted by molar-refractivity contribution is 0.341. The van der Waals surface area contributed by atoms with E-state index in [4.69, 9.17) is 4.74 Å². The highest BCUT2D eigenvalue weighted by Gasteiger charge is 2.33. The minimum absolute atomic E-state index is 0.0397. The number of methoxy groups -OCH3 is 1. The Hall–Kier alpha value is -1.34. The normalized spacial score (nSPS) is 28.4. The molecule has 0 bridgehead atoms. The number of hydrogen-bond donors (Lipinski definition) is 0. The van der Waals surface area contributed by atoms with Crippen molar-refractivity contribution in [2.75, 3.05) is 7.11 Å². The minimum Gasteiger partial charge on any atom is -0.497 e. The van der Waals surface area contributed by atoms with Crippen LogP contribution in [0, 0.1) is 23.2 Å². The van der Waals surface area contributed by atoms with Gasteiger partial charge in [0.25, 0.3) is 0 Å². The Morgan fingerprint density at radius 1 is 1.32 bits per heavy atom. The van der Waals surface area contributed by atoms with Crippen LogP contribution in [0.2, 0.25) is 0 Å². The molecule has 102 valence electrons. The maximum absolute atomic E-state index is 12.6. The van der Waals surface area contributed by atoms with E-state index in [2.05, 4.69) is 13.0 Å². The zero-order valence-corrected chi connectivity index (χ0v) is 12.2. The summed E-state index contributed by atoms with van der Waals surface area (Å²) < 4.78 is 17.7. The number of hydrogen-bond acceptors (Lipinski definition) is 3. The number of benzene rings is 1. The van der Waals surface area contributed by atoms with Crippen LogP contribution in [-0.4, -0.2) is 16.6 Å². The van der Waals surface area contributed by atoms with Gasteiger partial charge in [0, 0.05) is 4.90 Å². The third-order valence-corrected chi connectivity index (χ3v) is 5.59. The van der Waals surface area contributed by atoms with Gasteiger partial charge in [-0.1, -0.05) is 6.92 Å². The van der Waals surface area contributed by atoms with Gasteiger partial charge in [-0.15, -0.1) is 0 Å². The van der Waals surface area contributed by atoms with E-state index in [-0.39, 0.29) is 11.2 Å². The molecule has 1 aliphatic rings. The smallest absolute Gasteiger partial charge is 0.118 e. The number of ether oxygens (including phenoxy) is 1. The Morgan fingerprint density at radius 2 is 2.00 bits per heavy atom. The molecule has 19 heavy (non-hydrogen) atoms. The van der Waals surface area contributed by atoms with E-state index in [0.717, 1.165) is 29.9 Å². The molecular weight excluding hydrogens is 258 g/mol. The fourth-order valence-corrected chi connectivity index (χ4v) is 4.35. The fourth-order valence-electron chi connectivity index (χ4n) is 2.60. The van der Waals surface area contributed by atoms with Gasteiger partial charge < -0.3 is 4.74 Å². The first-order valence-electron chi connectivity index (χ1n) is 6.60. The molecule has 1 aliphatic carbocycles. The zero-order chi connectivity index (χ0) is 13.8. The van der Waals surface area contributed by atoms with Crippen LogP contribution in [0.4, 0.5) is 0 Å². The molecule has 1 aromatic rings. The Labute approximate surface area is 117 Å². The van der Waals surface area contributed by atoms with Gasteiger partial charge in [-0.2, -0.15) is 5.26 Å². The number of nitrogens with zero attached hydrogens (tertiary/aromatic N) is 1. The SMILES string of the molecule is COc1ccc(S(=O)C2CC(C)CCC2C#N)cc1. The van der Waals surface area contributed by atoms with Gasteiger partial charge in [0.2, 0.25) is 0 Å². The molecule has 1 saturated carbocycles. The molecule has 0 saturated heterocycles. The summed E-state index contributed by atoms with van der Waals surface area (Å²) in [5.74, 6) is 1.23. The molecule has 4 atom stereocenters. The molecule has 0 aliphatic heterocycles. The molecule has 3 nitrogen and oxygen atoms in total. The van der Waals surface area contributed by atoms with Gasteiger partial charge in [-0.05, 0) is 49.4 Å². The second-order valence-corrected chi connectivity index (χ2v) is 6.84. The third-order valence-electron chi connectivity index (χ3n) is 3.79. The summed E-state index contributed by atoms with van der Waals surface area (Å²) in [5.41, 5.74) is 0. The molecule has 4 heteroatoms. The molecule has 0 aromatic heterocycles. The molecule has 4 unspecified atom stereocenters. The van der Waals surface area contributed by atoms with Gasteiger partial charge in [-0.25, -0.2) is 0 Å². The van der Waals surface area contributed by atoms with Crippen LogP contribution in [0.15, 0.2) is 29.2 Å². The van der Waals surface area contributed by atoms with Crippen molar-refractivity contribution in [1.29, 1.82) is 5.26 Å². The Bertz CT molecular complexity index is 492. The summed E-state index contributed by atoms with van der Waals surface area (Å²) in [7, 11) is 0.503. The molecular formula is C15H19NO2S. The van der Waals surface area contributed by atoms with E-state index in [1.807, 2.05) is 24.3 Å². The summed E-state index contributed by atoms with van der Waals surface area (Å²) in [4.78, 5) is 0.792. The van der Waals surface area contributed by atoms with Crippen molar-refractivity contribution < 1.29 is 8.95 Å². The first kappa shape index (κ1) is 14.1. The molecule has 0 N–H and O–H groups in total. The average Bonchev–Trinajstić information content (AvgIpc) is 2.46. The van der Waals surface area contributed by atoms with Crippen LogP contribution in [0.5, 0.6) is 5.75 Å². The highest BCUT2D eigenvalue weighted by Crippen LogP contribution is 2.34. The van der Waals surface area contributed by atoms with Crippen LogP contribution in [0.25, 0.3) is 0 Å². The van der Waals surface area contributed by atoms with Gasteiger partial charge in [0.1, 0.15) is 5.75 Å². The van der Waals surface area contributed by atoms with Gasteiger partial charge in [0.05, 0.1) is 35.1 Å². The highest BCUT2D eigenvalue weighted by atomic mass is 32.2. The summed E-state index contributed by atoms with van der Waals surface area (Å²) in [6.07, 6.45) is 2.80. The molecule has 0 amide bonds. The van der Waals surface area contributed by atoms with Crippen molar-refractivity contribution >= 4 is 10.8 Å². The van der Waals surface area contributed by atoms with E-state index in [9.17, 15) is 9.47 Å². The Balaban J connectivity index is 2.18. The largest absolute Gasteiger partial charge is 0.497 e. The highest BCUT2D eigenvalue weighted by molar-refractivity contribution is 7.85. The molecule has 2 rings (SSSR count). The quantitative estimate of drug-likeness (QED) is 0.853. The Kier molecular flexibility index (Phi) is 4.60. The number of nitriles is 1. The van der Waals surface area contributed by atoms with Crippen molar-refractivity contribution in [3.63, 3.8) is 0 Å². The fraction of sp³-hybridized carbons (Fsp3) is 0.533. The van der Waals surface area contributed by atoms with Crippen molar-refractivity contribution in [2.24, 2.45) is 11.8 Å². The van der Waals surface area contributed by atoms with E-state index in [1.54, 1.807) is 7.11 Å². The maximum Gasteiger partial charge on any atom is 0.118 e. The van der Waals surface area contributed by atoms with Crippen LogP contribution in [0.1, 0.15) is 26.2 Å². The van der Waals surface area contributed by atoms with E-state index in [1.165, 1.54) is 0 Å². The summed E-state index contributed by atoms with van der Waals surface area (Å²) >= 11 is 0. The van der Waals surface area contributed by atoms with Crippen LogP contribution in [-0.2, 0) is 10.8 Å². The summed E-state index contributed by atoms with van der Waals surface area (Å²) in [6, 6.07) is 9.64. The molecule has 0 heterocycles. The van der Waals surface area contributed by atoms with Crippen molar-refractivity contribution in [1.82, 2.24) is 0 Å². The average molecular weight is 277 g/mol. The lowest BCUT2D eigenvalue weighted by Crippen LogP contribution is -2.31. The lowest BCUT2D eigenvalue weighted by atomic mass is 9.83. The van der Waals surface area contributed by atoms with Gasteiger partial charge >= 0.3 is 0 Å². The topological polar surface area (TPSA) is 50.1 Å². The van der Waals surface area contributed by atoms with Crippen LogP contribution >= 0.6 is 0 Å². The predicted molar refractivity (Wildman–Crippen MR) is 75.3 cm³/mol. The third kappa shape index (κ3) is 3.16. The second kappa shape index (κ2) is 6.21. The first-order chi connectivity index (χ1) is 9.15. The first-order valence-corrected chi connectivity index (χ1v) is 7.81. The van der Waals surface area contributed by atoms with Crippen LogP contribution in [0.3, 0.4) is 0 Å². The minimum atomic E-state index is -1.11. The van der Waals surface area contributed by atoms with Gasteiger partial charge in [0.15, 0.2) is 0 Å². The van der Waals surface area contributed by atoms with Crippen LogP contribution < -0.4 is 4.74 Å². The van der Waals surface area contributed by atoms with Crippen molar-refractivity contribution in [3.05, 3.63) is 24.3 Å². The Morgan fingerprint density at radius 3 is 2.58 bits per heavy atom. The standard InChI is InChI=1S/C15H19NO2S/c1-11-3-4-12(10-16)15(9-11)19(17)14-7-5-13(18-2)6-8-14/h5-8,11-12,15H,3-4,9H2,1-2H3. The number of rotatable bonds is 3. The van der Waals surface area contributed by atoms with Crippen molar-refractivity contribution in [2.45, 2.75) is 36.3 Å². The molecule has 1 aromatic carbocycles. The summed E-state index contributed by atoms with van der Waals surface area (Å²) in [6.45, 7) is 2.17. The monoisotopic (exact) mass is 277 g/mol.